The molecule has 0 saturated heterocycles. The molecule has 0 aliphatic rings. The maximum atomic E-state index is 12.1. The number of carboxylic acid groups (broad SMARTS) is 1. The summed E-state index contributed by atoms with van der Waals surface area (Å²) in [6.07, 6.45) is 0.279. The fourth-order valence-electron chi connectivity index (χ4n) is 1.90. The highest BCUT2D eigenvalue weighted by Crippen LogP contribution is 2.16. The van der Waals surface area contributed by atoms with E-state index in [0.717, 1.165) is 5.39 Å². The molecule has 1 amide bonds. The lowest BCUT2D eigenvalue weighted by Gasteiger charge is -2.17. The number of aliphatic hydroxyl groups is 1. The summed E-state index contributed by atoms with van der Waals surface area (Å²) in [5.41, 5.74) is 0.134. The molecular formula is C14H14N2O4. The van der Waals surface area contributed by atoms with Crippen molar-refractivity contribution in [2.75, 3.05) is 0 Å². The Morgan fingerprint density at radius 1 is 1.25 bits per heavy atom. The minimum atomic E-state index is -1.37. The number of hydrogen-bond acceptors (Lipinski definition) is 4. The summed E-state index contributed by atoms with van der Waals surface area (Å²) >= 11 is 0. The van der Waals surface area contributed by atoms with Gasteiger partial charge in [-0.1, -0.05) is 24.3 Å². The van der Waals surface area contributed by atoms with Crippen molar-refractivity contribution in [3.8, 4) is 0 Å². The van der Waals surface area contributed by atoms with Gasteiger partial charge in [0.05, 0.1) is 6.10 Å². The van der Waals surface area contributed by atoms with Crippen LogP contribution in [-0.2, 0) is 4.79 Å². The monoisotopic (exact) mass is 274 g/mol. The Bertz CT molecular complexity index is 649. The molecule has 0 aliphatic carbocycles. The number of benzene rings is 1. The standard InChI is InChI=1S/C14H14N2O4/c1-8(17)11(14(19)20)16-13(18)12-10-5-3-2-4-9(10)6-7-15-12/h2-8,11,17H,1H3,(H,16,18)(H,19,20)/t8-,11+/m1/s1. The van der Waals surface area contributed by atoms with E-state index in [1.54, 1.807) is 18.2 Å². The molecule has 1 aromatic heterocycles. The average Bonchev–Trinajstić information content (AvgIpc) is 2.43. The number of carbonyl (C=O) groups is 2. The van der Waals surface area contributed by atoms with Gasteiger partial charge in [-0.15, -0.1) is 0 Å². The van der Waals surface area contributed by atoms with Gasteiger partial charge in [-0.2, -0.15) is 0 Å². The number of aliphatic carboxylic acids is 1. The van der Waals surface area contributed by atoms with E-state index < -0.39 is 24.0 Å². The first-order valence-corrected chi connectivity index (χ1v) is 6.06. The smallest absolute Gasteiger partial charge is 0.328 e. The Balaban J connectivity index is 2.34. The number of nitrogens with zero attached hydrogens (tertiary/aromatic N) is 1. The first-order valence-electron chi connectivity index (χ1n) is 6.06. The average molecular weight is 274 g/mol. The summed E-state index contributed by atoms with van der Waals surface area (Å²) in [7, 11) is 0. The van der Waals surface area contributed by atoms with Crippen LogP contribution in [0.3, 0.4) is 0 Å². The summed E-state index contributed by atoms with van der Waals surface area (Å²) < 4.78 is 0. The Hall–Kier alpha value is -2.47. The number of hydrogen-bond donors (Lipinski definition) is 3. The Kier molecular flexibility index (Phi) is 3.95. The first kappa shape index (κ1) is 14.0. The zero-order chi connectivity index (χ0) is 14.7. The zero-order valence-corrected chi connectivity index (χ0v) is 10.8. The molecule has 3 N–H and O–H groups in total. The molecule has 0 aliphatic heterocycles. The number of carbonyl (C=O) groups excluding carboxylic acids is 1. The molecule has 104 valence electrons. The molecule has 2 atom stereocenters. The van der Waals surface area contributed by atoms with E-state index in [1.165, 1.54) is 13.1 Å². The first-order chi connectivity index (χ1) is 9.50. The highest BCUT2D eigenvalue weighted by Gasteiger charge is 2.26. The second kappa shape index (κ2) is 5.66. The van der Waals surface area contributed by atoms with Crippen LogP contribution < -0.4 is 5.32 Å². The van der Waals surface area contributed by atoms with Crippen molar-refractivity contribution >= 4 is 22.6 Å². The molecular weight excluding hydrogens is 260 g/mol. The lowest BCUT2D eigenvalue weighted by molar-refractivity contribution is -0.141. The van der Waals surface area contributed by atoms with Crippen molar-refractivity contribution in [2.45, 2.75) is 19.1 Å². The molecule has 6 heteroatoms. The molecule has 0 spiro atoms. The van der Waals surface area contributed by atoms with Gasteiger partial charge in [0.15, 0.2) is 6.04 Å². The Morgan fingerprint density at radius 2 is 1.95 bits per heavy atom. The van der Waals surface area contributed by atoms with Gasteiger partial charge in [-0.3, -0.25) is 9.78 Å². The van der Waals surface area contributed by atoms with Crippen LogP contribution in [0.2, 0.25) is 0 Å². The second-order valence-electron chi connectivity index (χ2n) is 4.41. The molecule has 0 saturated carbocycles. The van der Waals surface area contributed by atoms with Crippen molar-refractivity contribution in [2.24, 2.45) is 0 Å². The van der Waals surface area contributed by atoms with E-state index in [2.05, 4.69) is 10.3 Å². The third-order valence-corrected chi connectivity index (χ3v) is 2.92. The van der Waals surface area contributed by atoms with Gasteiger partial charge in [0, 0.05) is 11.6 Å². The van der Waals surface area contributed by atoms with Gasteiger partial charge in [0.2, 0.25) is 0 Å². The molecule has 2 rings (SSSR count). The van der Waals surface area contributed by atoms with Gasteiger partial charge in [0.25, 0.3) is 5.91 Å². The number of aromatic nitrogens is 1. The van der Waals surface area contributed by atoms with Crippen LogP contribution in [-0.4, -0.2) is 39.2 Å². The lowest BCUT2D eigenvalue weighted by Crippen LogP contribution is -2.47. The third kappa shape index (κ3) is 2.75. The molecule has 1 aromatic carbocycles. The van der Waals surface area contributed by atoms with E-state index >= 15 is 0 Å². The van der Waals surface area contributed by atoms with Crippen molar-refractivity contribution in [1.29, 1.82) is 0 Å². The number of aliphatic hydroxyl groups excluding tert-OH is 1. The molecule has 6 nitrogen and oxygen atoms in total. The summed E-state index contributed by atoms with van der Waals surface area (Å²) in [5, 5.41) is 22.1. The van der Waals surface area contributed by atoms with Crippen molar-refractivity contribution in [1.82, 2.24) is 10.3 Å². The predicted octanol–water partition coefficient (Wildman–Crippen LogP) is 0.799. The molecule has 0 bridgehead atoms. The van der Waals surface area contributed by atoms with Gasteiger partial charge in [0.1, 0.15) is 5.69 Å². The van der Waals surface area contributed by atoms with Gasteiger partial charge in [-0.25, -0.2) is 4.79 Å². The normalized spacial score (nSPS) is 13.7. The molecule has 0 radical (unpaired) electrons. The van der Waals surface area contributed by atoms with Crippen LogP contribution in [0.4, 0.5) is 0 Å². The van der Waals surface area contributed by atoms with Crippen LogP contribution >= 0.6 is 0 Å². The maximum Gasteiger partial charge on any atom is 0.328 e. The zero-order valence-electron chi connectivity index (χ0n) is 10.8. The van der Waals surface area contributed by atoms with Crippen molar-refractivity contribution in [3.05, 3.63) is 42.2 Å². The number of fused-ring (bicyclic) bond motifs is 1. The van der Waals surface area contributed by atoms with Crippen molar-refractivity contribution < 1.29 is 19.8 Å². The number of rotatable bonds is 4. The van der Waals surface area contributed by atoms with Crippen LogP contribution in [0.15, 0.2) is 36.5 Å². The van der Waals surface area contributed by atoms with Gasteiger partial charge < -0.3 is 15.5 Å². The summed E-state index contributed by atoms with van der Waals surface area (Å²) in [4.78, 5) is 27.1. The van der Waals surface area contributed by atoms with E-state index in [-0.39, 0.29) is 5.69 Å². The van der Waals surface area contributed by atoms with E-state index in [9.17, 15) is 14.7 Å². The van der Waals surface area contributed by atoms with E-state index in [4.69, 9.17) is 5.11 Å². The quantitative estimate of drug-likeness (QED) is 0.765. The molecule has 1 heterocycles. The third-order valence-electron chi connectivity index (χ3n) is 2.92. The number of nitrogens with one attached hydrogen (secondary N) is 1. The minimum Gasteiger partial charge on any atom is -0.480 e. The number of amides is 1. The van der Waals surface area contributed by atoms with E-state index in [0.29, 0.717) is 5.39 Å². The highest BCUT2D eigenvalue weighted by atomic mass is 16.4. The minimum absolute atomic E-state index is 0.134. The second-order valence-corrected chi connectivity index (χ2v) is 4.41. The summed E-state index contributed by atoms with van der Waals surface area (Å²) in [6, 6.07) is 7.55. The summed E-state index contributed by atoms with van der Waals surface area (Å²) in [6.45, 7) is 1.30. The fraction of sp³-hybridized carbons (Fsp3) is 0.214. The molecule has 0 fully saturated rings. The van der Waals surface area contributed by atoms with Crippen molar-refractivity contribution in [3.63, 3.8) is 0 Å². The molecule has 0 unspecified atom stereocenters. The highest BCUT2D eigenvalue weighted by molar-refractivity contribution is 6.06. The maximum absolute atomic E-state index is 12.1. The van der Waals surface area contributed by atoms with Crippen LogP contribution in [0.5, 0.6) is 0 Å². The number of carboxylic acids is 1. The van der Waals surface area contributed by atoms with Gasteiger partial charge in [-0.05, 0) is 18.4 Å². The van der Waals surface area contributed by atoms with Crippen LogP contribution in [0, 0.1) is 0 Å². The number of pyridine rings is 1. The Labute approximate surface area is 115 Å². The molecule has 2 aromatic rings. The molecule has 20 heavy (non-hydrogen) atoms. The van der Waals surface area contributed by atoms with E-state index in [1.807, 2.05) is 12.1 Å². The lowest BCUT2D eigenvalue weighted by atomic mass is 10.1. The van der Waals surface area contributed by atoms with Crippen LogP contribution in [0.1, 0.15) is 17.4 Å². The van der Waals surface area contributed by atoms with Gasteiger partial charge >= 0.3 is 5.97 Å². The SMILES string of the molecule is C[C@@H](O)[C@H](NC(=O)c1nccc2ccccc12)C(=O)O. The topological polar surface area (TPSA) is 99.5 Å². The fourth-order valence-corrected chi connectivity index (χ4v) is 1.90. The van der Waals surface area contributed by atoms with Crippen LogP contribution in [0.25, 0.3) is 10.8 Å². The largest absolute Gasteiger partial charge is 0.480 e. The summed E-state index contributed by atoms with van der Waals surface area (Å²) in [5.74, 6) is -1.93. The predicted molar refractivity (Wildman–Crippen MR) is 72.3 cm³/mol. The Morgan fingerprint density at radius 3 is 2.60 bits per heavy atom.